The van der Waals surface area contributed by atoms with Crippen LogP contribution in [0.15, 0.2) is 18.2 Å². The summed E-state index contributed by atoms with van der Waals surface area (Å²) in [4.78, 5) is 4.76. The molecule has 118 valence electrons. The van der Waals surface area contributed by atoms with E-state index in [4.69, 9.17) is 10.5 Å². The number of methoxy groups -OCH3 is 1. The fraction of sp³-hybridized carbons (Fsp3) is 0.647. The number of likely N-dealkylation sites (tertiary alicyclic amines) is 1. The number of hydrogen-bond donors (Lipinski definition) is 1. The van der Waals surface area contributed by atoms with Gasteiger partial charge in [0.05, 0.1) is 7.11 Å². The lowest BCUT2D eigenvalue weighted by atomic mass is 10.0. The highest BCUT2D eigenvalue weighted by atomic mass is 16.5. The van der Waals surface area contributed by atoms with Crippen molar-refractivity contribution in [2.45, 2.75) is 19.4 Å². The first-order valence-corrected chi connectivity index (χ1v) is 7.76. The molecular weight excluding hydrogens is 262 g/mol. The molecule has 4 nitrogen and oxygen atoms in total. The highest BCUT2D eigenvalue weighted by Crippen LogP contribution is 2.26. The molecule has 0 bridgehead atoms. The van der Waals surface area contributed by atoms with Crippen LogP contribution in [0, 0.1) is 12.8 Å². The van der Waals surface area contributed by atoms with Crippen LogP contribution in [0.25, 0.3) is 0 Å². The van der Waals surface area contributed by atoms with Gasteiger partial charge in [0, 0.05) is 31.2 Å². The zero-order valence-electron chi connectivity index (χ0n) is 13.8. The summed E-state index contributed by atoms with van der Waals surface area (Å²) in [5.74, 6) is 1.66. The van der Waals surface area contributed by atoms with Crippen LogP contribution in [-0.2, 0) is 0 Å². The van der Waals surface area contributed by atoms with Crippen molar-refractivity contribution in [3.63, 3.8) is 0 Å². The third-order valence-electron chi connectivity index (χ3n) is 4.35. The van der Waals surface area contributed by atoms with Gasteiger partial charge in [-0.2, -0.15) is 0 Å². The van der Waals surface area contributed by atoms with E-state index in [1.165, 1.54) is 25.1 Å². The Morgan fingerprint density at radius 3 is 2.86 bits per heavy atom. The Kier molecular flexibility index (Phi) is 5.62. The molecule has 1 aromatic rings. The Morgan fingerprint density at radius 2 is 2.24 bits per heavy atom. The fourth-order valence-electron chi connectivity index (χ4n) is 3.27. The number of nitrogens with two attached hydrogens (primary N) is 1. The number of benzene rings is 1. The second-order valence-corrected chi connectivity index (χ2v) is 6.49. The van der Waals surface area contributed by atoms with Gasteiger partial charge in [-0.05, 0) is 46.0 Å². The van der Waals surface area contributed by atoms with Gasteiger partial charge in [0.1, 0.15) is 5.75 Å². The van der Waals surface area contributed by atoms with Crippen LogP contribution in [0.5, 0.6) is 5.75 Å². The first-order valence-electron chi connectivity index (χ1n) is 7.76. The number of ether oxygens (including phenoxy) is 1. The number of aryl methyl sites for hydroxylation is 1. The number of nitrogens with zero attached hydrogens (tertiary/aromatic N) is 2. The van der Waals surface area contributed by atoms with Crippen LogP contribution >= 0.6 is 0 Å². The summed E-state index contributed by atoms with van der Waals surface area (Å²) in [5, 5.41) is 0. The highest BCUT2D eigenvalue weighted by Gasteiger charge is 2.22. The number of rotatable bonds is 6. The second-order valence-electron chi connectivity index (χ2n) is 6.49. The average molecular weight is 291 g/mol. The van der Waals surface area contributed by atoms with E-state index in [2.05, 4.69) is 43.0 Å². The lowest BCUT2D eigenvalue weighted by Crippen LogP contribution is -2.33. The van der Waals surface area contributed by atoms with E-state index in [9.17, 15) is 0 Å². The van der Waals surface area contributed by atoms with Crippen LogP contribution in [0.1, 0.15) is 23.6 Å². The zero-order valence-corrected chi connectivity index (χ0v) is 13.8. The molecule has 4 heteroatoms. The van der Waals surface area contributed by atoms with Gasteiger partial charge < -0.3 is 20.3 Å². The first kappa shape index (κ1) is 16.3. The lowest BCUT2D eigenvalue weighted by Gasteiger charge is -2.25. The van der Waals surface area contributed by atoms with Gasteiger partial charge in [-0.3, -0.25) is 0 Å². The molecule has 1 aromatic carbocycles. The Bertz CT molecular complexity index is 463. The molecule has 0 amide bonds. The van der Waals surface area contributed by atoms with Crippen molar-refractivity contribution in [1.29, 1.82) is 0 Å². The molecule has 0 saturated carbocycles. The summed E-state index contributed by atoms with van der Waals surface area (Å²) in [5.41, 5.74) is 8.74. The zero-order chi connectivity index (χ0) is 15.4. The molecule has 0 aromatic heterocycles. The van der Waals surface area contributed by atoms with E-state index in [1.807, 2.05) is 6.07 Å². The van der Waals surface area contributed by atoms with E-state index in [1.54, 1.807) is 7.11 Å². The summed E-state index contributed by atoms with van der Waals surface area (Å²) in [6, 6.07) is 6.20. The van der Waals surface area contributed by atoms with Gasteiger partial charge in [0.25, 0.3) is 0 Å². The monoisotopic (exact) mass is 291 g/mol. The fourth-order valence-corrected chi connectivity index (χ4v) is 3.27. The summed E-state index contributed by atoms with van der Waals surface area (Å²) in [6.07, 6.45) is 1.30. The first-order chi connectivity index (χ1) is 9.99. The summed E-state index contributed by atoms with van der Waals surface area (Å²) >= 11 is 0. The maximum Gasteiger partial charge on any atom is 0.123 e. The molecule has 2 rings (SSSR count). The Balaban J connectivity index is 1.94. The van der Waals surface area contributed by atoms with Crippen molar-refractivity contribution in [1.82, 2.24) is 9.80 Å². The molecule has 1 heterocycles. The summed E-state index contributed by atoms with van der Waals surface area (Å²) < 4.78 is 5.45. The second kappa shape index (κ2) is 7.25. The topological polar surface area (TPSA) is 41.7 Å². The van der Waals surface area contributed by atoms with E-state index >= 15 is 0 Å². The quantitative estimate of drug-likeness (QED) is 0.869. The maximum absolute atomic E-state index is 6.41. The SMILES string of the molecule is COc1ccc(C)cc1C(N)CN(C)CC1CCN(C)C1. The molecule has 2 atom stereocenters. The maximum atomic E-state index is 6.41. The van der Waals surface area contributed by atoms with Gasteiger partial charge >= 0.3 is 0 Å². The van der Waals surface area contributed by atoms with Crippen LogP contribution in [0.3, 0.4) is 0 Å². The van der Waals surface area contributed by atoms with Crippen LogP contribution in [-0.4, -0.2) is 57.2 Å². The standard InChI is InChI=1S/C17H29N3O/c1-13-5-6-17(21-4)15(9-13)16(18)12-20(3)11-14-7-8-19(2)10-14/h5-6,9,14,16H,7-8,10-12,18H2,1-4H3. The molecule has 1 fully saturated rings. The van der Waals surface area contributed by atoms with E-state index in [-0.39, 0.29) is 6.04 Å². The average Bonchev–Trinajstić information content (AvgIpc) is 2.83. The third kappa shape index (κ3) is 4.43. The number of likely N-dealkylation sites (N-methyl/N-ethyl adjacent to an activating group) is 1. The number of hydrogen-bond acceptors (Lipinski definition) is 4. The van der Waals surface area contributed by atoms with Crippen molar-refractivity contribution in [2.75, 3.05) is 47.4 Å². The van der Waals surface area contributed by atoms with Gasteiger partial charge in [0.15, 0.2) is 0 Å². The minimum Gasteiger partial charge on any atom is -0.496 e. The van der Waals surface area contributed by atoms with Crippen molar-refractivity contribution in [3.05, 3.63) is 29.3 Å². The molecule has 0 radical (unpaired) electrons. The van der Waals surface area contributed by atoms with Gasteiger partial charge in [-0.25, -0.2) is 0 Å². The minimum absolute atomic E-state index is 0.0102. The molecule has 0 spiro atoms. The van der Waals surface area contributed by atoms with E-state index < -0.39 is 0 Å². The van der Waals surface area contributed by atoms with Crippen molar-refractivity contribution < 1.29 is 4.74 Å². The van der Waals surface area contributed by atoms with Crippen molar-refractivity contribution in [2.24, 2.45) is 11.7 Å². The Labute approximate surface area is 128 Å². The normalized spacial score (nSPS) is 21.0. The molecule has 1 aliphatic heterocycles. The molecule has 0 aliphatic carbocycles. The smallest absolute Gasteiger partial charge is 0.123 e. The predicted molar refractivity (Wildman–Crippen MR) is 87.8 cm³/mol. The third-order valence-corrected chi connectivity index (χ3v) is 4.35. The van der Waals surface area contributed by atoms with E-state index in [0.717, 1.165) is 30.3 Å². The minimum atomic E-state index is -0.0102. The largest absolute Gasteiger partial charge is 0.496 e. The molecular formula is C17H29N3O. The summed E-state index contributed by atoms with van der Waals surface area (Å²) in [6.45, 7) is 6.49. The van der Waals surface area contributed by atoms with Crippen molar-refractivity contribution in [3.8, 4) is 5.75 Å². The Morgan fingerprint density at radius 1 is 1.48 bits per heavy atom. The van der Waals surface area contributed by atoms with Gasteiger partial charge in [-0.15, -0.1) is 0 Å². The lowest BCUT2D eigenvalue weighted by molar-refractivity contribution is 0.259. The summed E-state index contributed by atoms with van der Waals surface area (Å²) in [7, 11) is 6.07. The van der Waals surface area contributed by atoms with Crippen LogP contribution in [0.4, 0.5) is 0 Å². The Hall–Kier alpha value is -1.10. The molecule has 1 aliphatic rings. The molecule has 2 N–H and O–H groups in total. The highest BCUT2D eigenvalue weighted by molar-refractivity contribution is 5.39. The molecule has 21 heavy (non-hydrogen) atoms. The van der Waals surface area contributed by atoms with Crippen LogP contribution < -0.4 is 10.5 Å². The van der Waals surface area contributed by atoms with Gasteiger partial charge in [-0.1, -0.05) is 17.7 Å². The van der Waals surface area contributed by atoms with Crippen molar-refractivity contribution >= 4 is 0 Å². The predicted octanol–water partition coefficient (Wildman–Crippen LogP) is 1.89. The van der Waals surface area contributed by atoms with E-state index in [0.29, 0.717) is 0 Å². The molecule has 2 unspecified atom stereocenters. The van der Waals surface area contributed by atoms with Gasteiger partial charge in [0.2, 0.25) is 0 Å². The van der Waals surface area contributed by atoms with Crippen LogP contribution in [0.2, 0.25) is 0 Å². The molecule has 1 saturated heterocycles.